The van der Waals surface area contributed by atoms with Crippen LogP contribution in [-0.2, 0) is 6.42 Å². The fourth-order valence-corrected chi connectivity index (χ4v) is 2.40. The standard InChI is InChI=1S/C17H19F2N/c1-20-16(13-7-3-2-4-8-13)12-6-10-14-9-5-11-15(18)17(14)19/h2-5,7-9,11,16,20H,6,10,12H2,1H3. The zero-order chi connectivity index (χ0) is 14.4. The predicted octanol–water partition coefficient (Wildman–Crippen LogP) is 4.25. The molecule has 2 aromatic rings. The van der Waals surface area contributed by atoms with Gasteiger partial charge in [-0.2, -0.15) is 0 Å². The Hall–Kier alpha value is -1.74. The first kappa shape index (κ1) is 14.7. The van der Waals surface area contributed by atoms with Crippen LogP contribution in [0.3, 0.4) is 0 Å². The first-order chi connectivity index (χ1) is 9.72. The summed E-state index contributed by atoms with van der Waals surface area (Å²) in [5, 5.41) is 3.26. The number of benzene rings is 2. The molecule has 2 aromatic carbocycles. The molecule has 20 heavy (non-hydrogen) atoms. The second-order valence-corrected chi connectivity index (χ2v) is 4.86. The lowest BCUT2D eigenvalue weighted by Gasteiger charge is -2.16. The Bertz CT molecular complexity index is 540. The van der Waals surface area contributed by atoms with Crippen molar-refractivity contribution in [3.05, 3.63) is 71.3 Å². The highest BCUT2D eigenvalue weighted by atomic mass is 19.2. The van der Waals surface area contributed by atoms with Crippen molar-refractivity contribution in [3.63, 3.8) is 0 Å². The van der Waals surface area contributed by atoms with E-state index in [4.69, 9.17) is 0 Å². The quantitative estimate of drug-likeness (QED) is 0.831. The Morgan fingerprint density at radius 2 is 1.75 bits per heavy atom. The highest BCUT2D eigenvalue weighted by Gasteiger charge is 2.11. The number of rotatable bonds is 6. The van der Waals surface area contributed by atoms with Gasteiger partial charge in [-0.1, -0.05) is 42.5 Å². The van der Waals surface area contributed by atoms with E-state index >= 15 is 0 Å². The SMILES string of the molecule is CNC(CCCc1cccc(F)c1F)c1ccccc1. The minimum absolute atomic E-state index is 0.243. The summed E-state index contributed by atoms with van der Waals surface area (Å²) in [6.07, 6.45) is 2.24. The molecule has 1 atom stereocenters. The maximum atomic E-state index is 13.5. The van der Waals surface area contributed by atoms with Crippen molar-refractivity contribution >= 4 is 0 Å². The van der Waals surface area contributed by atoms with E-state index in [-0.39, 0.29) is 6.04 Å². The average Bonchev–Trinajstić information content (AvgIpc) is 2.49. The lowest BCUT2D eigenvalue weighted by Crippen LogP contribution is -2.16. The molecule has 0 spiro atoms. The van der Waals surface area contributed by atoms with Gasteiger partial charge in [0.15, 0.2) is 11.6 Å². The summed E-state index contributed by atoms with van der Waals surface area (Å²) in [7, 11) is 1.92. The number of halogens is 2. The van der Waals surface area contributed by atoms with E-state index in [9.17, 15) is 8.78 Å². The molecule has 1 nitrogen and oxygen atoms in total. The normalized spacial score (nSPS) is 12.3. The lowest BCUT2D eigenvalue weighted by molar-refractivity contribution is 0.487. The van der Waals surface area contributed by atoms with Gasteiger partial charge in [0, 0.05) is 6.04 Å². The van der Waals surface area contributed by atoms with Crippen LogP contribution in [0, 0.1) is 11.6 Å². The van der Waals surface area contributed by atoms with Crippen LogP contribution in [0.2, 0.25) is 0 Å². The third-order valence-corrected chi connectivity index (χ3v) is 3.52. The van der Waals surface area contributed by atoms with E-state index in [1.54, 1.807) is 12.1 Å². The van der Waals surface area contributed by atoms with E-state index in [0.717, 1.165) is 18.9 Å². The van der Waals surface area contributed by atoms with E-state index in [0.29, 0.717) is 12.0 Å². The molecule has 0 heterocycles. The molecule has 1 unspecified atom stereocenters. The zero-order valence-corrected chi connectivity index (χ0v) is 11.6. The average molecular weight is 275 g/mol. The molecule has 0 amide bonds. The van der Waals surface area contributed by atoms with Gasteiger partial charge in [-0.3, -0.25) is 0 Å². The highest BCUT2D eigenvalue weighted by Crippen LogP contribution is 2.20. The Balaban J connectivity index is 1.93. The molecule has 1 N–H and O–H groups in total. The van der Waals surface area contributed by atoms with Gasteiger partial charge in [-0.15, -0.1) is 0 Å². The van der Waals surface area contributed by atoms with Crippen molar-refractivity contribution < 1.29 is 8.78 Å². The maximum Gasteiger partial charge on any atom is 0.162 e. The molecule has 0 aromatic heterocycles. The minimum atomic E-state index is -0.768. The lowest BCUT2D eigenvalue weighted by atomic mass is 9.99. The second kappa shape index (κ2) is 7.15. The van der Waals surface area contributed by atoms with E-state index in [2.05, 4.69) is 17.4 Å². The Labute approximate surface area is 118 Å². The monoisotopic (exact) mass is 275 g/mol. The van der Waals surface area contributed by atoms with E-state index < -0.39 is 11.6 Å². The number of hydrogen-bond acceptors (Lipinski definition) is 1. The molecule has 0 saturated carbocycles. The number of aryl methyl sites for hydroxylation is 1. The topological polar surface area (TPSA) is 12.0 Å². The van der Waals surface area contributed by atoms with Crippen LogP contribution in [-0.4, -0.2) is 7.05 Å². The summed E-state index contributed by atoms with van der Waals surface area (Å²) in [4.78, 5) is 0. The minimum Gasteiger partial charge on any atom is -0.313 e. The third kappa shape index (κ3) is 3.64. The summed E-state index contributed by atoms with van der Waals surface area (Å²) in [6, 6.07) is 14.7. The molecule has 2 rings (SSSR count). The molecule has 0 aliphatic rings. The molecule has 0 saturated heterocycles. The first-order valence-electron chi connectivity index (χ1n) is 6.87. The summed E-state index contributed by atoms with van der Waals surface area (Å²) in [6.45, 7) is 0. The van der Waals surface area contributed by atoms with E-state index in [1.165, 1.54) is 5.56 Å². The fraction of sp³-hybridized carbons (Fsp3) is 0.294. The van der Waals surface area contributed by atoms with Crippen molar-refractivity contribution in [2.24, 2.45) is 0 Å². The van der Waals surface area contributed by atoms with Gasteiger partial charge in [-0.05, 0) is 43.5 Å². The summed E-state index contributed by atoms with van der Waals surface area (Å²) < 4.78 is 26.6. The first-order valence-corrected chi connectivity index (χ1v) is 6.87. The van der Waals surface area contributed by atoms with Gasteiger partial charge in [0.25, 0.3) is 0 Å². The van der Waals surface area contributed by atoms with Gasteiger partial charge in [0.05, 0.1) is 0 Å². The smallest absolute Gasteiger partial charge is 0.162 e. The summed E-state index contributed by atoms with van der Waals surface area (Å²) in [5.74, 6) is -1.48. The Kier molecular flexibility index (Phi) is 5.24. The summed E-state index contributed by atoms with van der Waals surface area (Å²) in [5.41, 5.74) is 1.67. The fourth-order valence-electron chi connectivity index (χ4n) is 2.40. The molecule has 0 bridgehead atoms. The van der Waals surface area contributed by atoms with Crippen molar-refractivity contribution in [2.45, 2.75) is 25.3 Å². The van der Waals surface area contributed by atoms with Crippen LogP contribution in [0.25, 0.3) is 0 Å². The summed E-state index contributed by atoms with van der Waals surface area (Å²) >= 11 is 0. The van der Waals surface area contributed by atoms with Crippen molar-refractivity contribution in [2.75, 3.05) is 7.05 Å². The molecular formula is C17H19F2N. The van der Waals surface area contributed by atoms with Crippen LogP contribution in [0.4, 0.5) is 8.78 Å². The molecule has 0 aliphatic carbocycles. The molecule has 3 heteroatoms. The highest BCUT2D eigenvalue weighted by molar-refractivity contribution is 5.20. The largest absolute Gasteiger partial charge is 0.313 e. The van der Waals surface area contributed by atoms with Crippen LogP contribution in [0.1, 0.15) is 30.0 Å². The van der Waals surface area contributed by atoms with Crippen LogP contribution < -0.4 is 5.32 Å². The van der Waals surface area contributed by atoms with E-state index in [1.807, 2.05) is 25.2 Å². The molecule has 0 radical (unpaired) electrons. The predicted molar refractivity (Wildman–Crippen MR) is 77.5 cm³/mol. The van der Waals surface area contributed by atoms with Crippen LogP contribution in [0.15, 0.2) is 48.5 Å². The van der Waals surface area contributed by atoms with Crippen molar-refractivity contribution in [1.82, 2.24) is 5.32 Å². The maximum absolute atomic E-state index is 13.5. The Morgan fingerprint density at radius 3 is 2.45 bits per heavy atom. The third-order valence-electron chi connectivity index (χ3n) is 3.52. The van der Waals surface area contributed by atoms with Crippen LogP contribution in [0.5, 0.6) is 0 Å². The second-order valence-electron chi connectivity index (χ2n) is 4.86. The molecule has 106 valence electrons. The number of nitrogens with one attached hydrogen (secondary N) is 1. The van der Waals surface area contributed by atoms with Gasteiger partial charge in [0.1, 0.15) is 0 Å². The van der Waals surface area contributed by atoms with Gasteiger partial charge in [0.2, 0.25) is 0 Å². The molecule has 0 fully saturated rings. The van der Waals surface area contributed by atoms with Crippen molar-refractivity contribution in [3.8, 4) is 0 Å². The Morgan fingerprint density at radius 1 is 1.00 bits per heavy atom. The van der Waals surface area contributed by atoms with Crippen LogP contribution >= 0.6 is 0 Å². The zero-order valence-electron chi connectivity index (χ0n) is 11.6. The van der Waals surface area contributed by atoms with Gasteiger partial charge >= 0.3 is 0 Å². The van der Waals surface area contributed by atoms with Gasteiger partial charge < -0.3 is 5.32 Å². The molecule has 0 aliphatic heterocycles. The number of hydrogen-bond donors (Lipinski definition) is 1. The molecular weight excluding hydrogens is 256 g/mol. The van der Waals surface area contributed by atoms with Gasteiger partial charge in [-0.25, -0.2) is 8.78 Å². The van der Waals surface area contributed by atoms with Crippen molar-refractivity contribution in [1.29, 1.82) is 0 Å².